The molecule has 0 radical (unpaired) electrons. The third-order valence-electron chi connectivity index (χ3n) is 4.48. The van der Waals surface area contributed by atoms with Crippen molar-refractivity contribution in [2.45, 2.75) is 19.8 Å². The minimum absolute atomic E-state index is 0.227. The highest BCUT2D eigenvalue weighted by molar-refractivity contribution is 6.30. The Morgan fingerprint density at radius 3 is 2.73 bits per heavy atom. The molecule has 4 rings (SSSR count). The van der Waals surface area contributed by atoms with Crippen molar-refractivity contribution in [3.63, 3.8) is 0 Å². The van der Waals surface area contributed by atoms with Gasteiger partial charge < -0.3 is 14.5 Å². The summed E-state index contributed by atoms with van der Waals surface area (Å²) >= 11 is 6.02. The zero-order chi connectivity index (χ0) is 20.8. The molecule has 4 aromatic rings. The van der Waals surface area contributed by atoms with E-state index in [1.807, 2.05) is 48.5 Å². The van der Waals surface area contributed by atoms with Crippen LogP contribution in [0.4, 0.5) is 0 Å². The van der Waals surface area contributed by atoms with Gasteiger partial charge in [0.15, 0.2) is 0 Å². The maximum absolute atomic E-state index is 12.5. The average molecular weight is 422 g/mol. The molecule has 0 spiro atoms. The van der Waals surface area contributed by atoms with Crippen molar-refractivity contribution in [1.82, 2.24) is 15.5 Å². The summed E-state index contributed by atoms with van der Waals surface area (Å²) in [6.45, 7) is 1.28. The minimum atomic E-state index is -0.227. The molecule has 7 heteroatoms. The van der Waals surface area contributed by atoms with Crippen LogP contribution in [-0.2, 0) is 24.5 Å². The van der Waals surface area contributed by atoms with Gasteiger partial charge in [0.25, 0.3) is 5.91 Å². The molecule has 0 aliphatic rings. The van der Waals surface area contributed by atoms with Crippen molar-refractivity contribution in [2.24, 2.45) is 0 Å². The van der Waals surface area contributed by atoms with Crippen LogP contribution in [-0.4, -0.2) is 16.1 Å². The number of H-pyrrole nitrogens is 1. The largest absolute Gasteiger partial charge is 0.467 e. The summed E-state index contributed by atoms with van der Waals surface area (Å²) in [5, 5.41) is 10.5. The van der Waals surface area contributed by atoms with Crippen LogP contribution in [0.25, 0.3) is 11.3 Å². The fourth-order valence-electron chi connectivity index (χ4n) is 3.00. The normalized spacial score (nSPS) is 10.8. The molecule has 2 heterocycles. The van der Waals surface area contributed by atoms with Gasteiger partial charge in [-0.25, -0.2) is 0 Å². The van der Waals surface area contributed by atoms with Crippen molar-refractivity contribution in [3.05, 3.63) is 101 Å². The van der Waals surface area contributed by atoms with Crippen LogP contribution in [0.5, 0.6) is 0 Å². The van der Waals surface area contributed by atoms with Gasteiger partial charge in [0.1, 0.15) is 18.1 Å². The van der Waals surface area contributed by atoms with E-state index in [0.717, 1.165) is 22.5 Å². The molecule has 152 valence electrons. The Bertz CT molecular complexity index is 1120. The molecule has 0 atom stereocenters. The Labute approximate surface area is 178 Å². The van der Waals surface area contributed by atoms with Crippen LogP contribution < -0.4 is 5.32 Å². The highest BCUT2D eigenvalue weighted by Crippen LogP contribution is 2.21. The molecule has 0 fully saturated rings. The SMILES string of the molecule is O=C(NCc1cccc(COCc2ccco2)c1)c1cc(-c2cccc(Cl)c2)n[nH]1. The van der Waals surface area contributed by atoms with E-state index in [2.05, 4.69) is 15.5 Å². The number of hydrogen-bond donors (Lipinski definition) is 2. The van der Waals surface area contributed by atoms with Crippen LogP contribution in [0.3, 0.4) is 0 Å². The standard InChI is InChI=1S/C23H20ClN3O3/c24-19-7-2-6-18(11-19)21-12-22(27-26-21)23(28)25-13-16-4-1-5-17(10-16)14-29-15-20-8-3-9-30-20/h1-12H,13-15H2,(H,25,28)(H,26,27). The zero-order valence-corrected chi connectivity index (χ0v) is 16.9. The number of halogens is 1. The van der Waals surface area contributed by atoms with Gasteiger partial charge in [-0.2, -0.15) is 5.10 Å². The van der Waals surface area contributed by atoms with E-state index in [0.29, 0.717) is 36.2 Å². The maximum atomic E-state index is 12.5. The number of nitrogens with zero attached hydrogens (tertiary/aromatic N) is 1. The number of benzene rings is 2. The minimum Gasteiger partial charge on any atom is -0.467 e. The second-order valence-electron chi connectivity index (χ2n) is 6.75. The average Bonchev–Trinajstić information content (AvgIpc) is 3.45. The molecule has 2 aromatic carbocycles. The number of aromatic amines is 1. The molecular formula is C23H20ClN3O3. The molecule has 2 N–H and O–H groups in total. The molecular weight excluding hydrogens is 402 g/mol. The van der Waals surface area contributed by atoms with Crippen molar-refractivity contribution in [2.75, 3.05) is 0 Å². The van der Waals surface area contributed by atoms with E-state index in [9.17, 15) is 4.79 Å². The lowest BCUT2D eigenvalue weighted by atomic mass is 10.1. The number of rotatable bonds is 8. The van der Waals surface area contributed by atoms with Crippen LogP contribution >= 0.6 is 11.6 Å². The number of furan rings is 1. The summed E-state index contributed by atoms with van der Waals surface area (Å²) in [5.74, 6) is 0.561. The fourth-order valence-corrected chi connectivity index (χ4v) is 3.20. The van der Waals surface area contributed by atoms with E-state index in [-0.39, 0.29) is 5.91 Å². The number of carbonyl (C=O) groups is 1. The summed E-state index contributed by atoms with van der Waals surface area (Å²) in [7, 11) is 0. The van der Waals surface area contributed by atoms with Gasteiger partial charge in [-0.15, -0.1) is 0 Å². The first-order chi connectivity index (χ1) is 14.7. The van der Waals surface area contributed by atoms with Crippen LogP contribution in [0.2, 0.25) is 5.02 Å². The molecule has 2 aromatic heterocycles. The smallest absolute Gasteiger partial charge is 0.269 e. The topological polar surface area (TPSA) is 80.2 Å². The van der Waals surface area contributed by atoms with Gasteiger partial charge in [-0.1, -0.05) is 48.0 Å². The molecule has 30 heavy (non-hydrogen) atoms. The first-order valence-electron chi connectivity index (χ1n) is 9.45. The Balaban J connectivity index is 1.31. The summed E-state index contributed by atoms with van der Waals surface area (Å²) < 4.78 is 10.9. The number of nitrogens with one attached hydrogen (secondary N) is 2. The monoisotopic (exact) mass is 421 g/mol. The second-order valence-corrected chi connectivity index (χ2v) is 7.19. The van der Waals surface area contributed by atoms with E-state index < -0.39 is 0 Å². The van der Waals surface area contributed by atoms with Gasteiger partial charge in [0.05, 0.1) is 18.6 Å². The van der Waals surface area contributed by atoms with Crippen molar-refractivity contribution in [1.29, 1.82) is 0 Å². The van der Waals surface area contributed by atoms with Crippen LogP contribution in [0, 0.1) is 0 Å². The second kappa shape index (κ2) is 9.43. The molecule has 0 saturated carbocycles. The van der Waals surface area contributed by atoms with Crippen molar-refractivity contribution in [3.8, 4) is 11.3 Å². The fraction of sp³-hybridized carbons (Fsp3) is 0.130. The summed E-state index contributed by atoms with van der Waals surface area (Å²) in [5.41, 5.74) is 3.91. The van der Waals surface area contributed by atoms with E-state index in [1.165, 1.54) is 0 Å². The van der Waals surface area contributed by atoms with Crippen LogP contribution in [0.15, 0.2) is 77.4 Å². The number of ether oxygens (including phenoxy) is 1. The third kappa shape index (κ3) is 5.17. The predicted octanol–water partition coefficient (Wildman–Crippen LogP) is 4.97. The number of amides is 1. The molecule has 0 aliphatic heterocycles. The molecule has 1 amide bonds. The first-order valence-corrected chi connectivity index (χ1v) is 9.83. The molecule has 0 unspecified atom stereocenters. The number of aromatic nitrogens is 2. The Hall–Kier alpha value is -3.35. The first kappa shape index (κ1) is 19.9. The van der Waals surface area contributed by atoms with Gasteiger partial charge in [0.2, 0.25) is 0 Å². The maximum Gasteiger partial charge on any atom is 0.269 e. The predicted molar refractivity (Wildman–Crippen MR) is 114 cm³/mol. The number of hydrogen-bond acceptors (Lipinski definition) is 4. The Morgan fingerprint density at radius 2 is 1.90 bits per heavy atom. The van der Waals surface area contributed by atoms with Gasteiger partial charge in [-0.05, 0) is 41.5 Å². The lowest BCUT2D eigenvalue weighted by Gasteiger charge is -2.07. The van der Waals surface area contributed by atoms with Crippen molar-refractivity contribution >= 4 is 17.5 Å². The Morgan fingerprint density at radius 1 is 1.03 bits per heavy atom. The van der Waals surface area contributed by atoms with E-state index in [4.69, 9.17) is 20.8 Å². The van der Waals surface area contributed by atoms with Gasteiger partial charge >= 0.3 is 0 Å². The third-order valence-corrected chi connectivity index (χ3v) is 4.72. The van der Waals surface area contributed by atoms with Crippen molar-refractivity contribution < 1.29 is 13.9 Å². The quantitative estimate of drug-likeness (QED) is 0.421. The lowest BCUT2D eigenvalue weighted by molar-refractivity contribution is 0.0928. The van der Waals surface area contributed by atoms with Gasteiger partial charge in [-0.3, -0.25) is 9.89 Å². The zero-order valence-electron chi connectivity index (χ0n) is 16.1. The lowest BCUT2D eigenvalue weighted by Crippen LogP contribution is -2.23. The molecule has 0 bridgehead atoms. The molecule has 0 saturated heterocycles. The highest BCUT2D eigenvalue weighted by atomic mass is 35.5. The van der Waals surface area contributed by atoms with Crippen LogP contribution in [0.1, 0.15) is 27.4 Å². The summed E-state index contributed by atoms with van der Waals surface area (Å²) in [6.07, 6.45) is 1.62. The summed E-state index contributed by atoms with van der Waals surface area (Å²) in [4.78, 5) is 12.5. The van der Waals surface area contributed by atoms with E-state index >= 15 is 0 Å². The Kier molecular flexibility index (Phi) is 6.27. The molecule has 0 aliphatic carbocycles. The summed E-state index contributed by atoms with van der Waals surface area (Å²) in [6, 6.07) is 20.6. The highest BCUT2D eigenvalue weighted by Gasteiger charge is 2.11. The van der Waals surface area contributed by atoms with E-state index in [1.54, 1.807) is 24.5 Å². The van der Waals surface area contributed by atoms with Gasteiger partial charge in [0, 0.05) is 17.1 Å². The molecule has 6 nitrogen and oxygen atoms in total. The number of carbonyl (C=O) groups excluding carboxylic acids is 1.